The van der Waals surface area contributed by atoms with E-state index < -0.39 is 0 Å². The SMILES string of the molecule is CCCNc1nc(N2CCOCC2CC)c2[nH]cnc2n1. The molecule has 0 amide bonds. The molecule has 2 aromatic heterocycles. The largest absolute Gasteiger partial charge is 0.377 e. The molecule has 0 aromatic carbocycles. The Kier molecular flexibility index (Phi) is 4.19. The highest BCUT2D eigenvalue weighted by Gasteiger charge is 2.25. The number of imidazole rings is 1. The van der Waals surface area contributed by atoms with Crippen LogP contribution >= 0.6 is 0 Å². The lowest BCUT2D eigenvalue weighted by Crippen LogP contribution is -2.45. The van der Waals surface area contributed by atoms with Crippen LogP contribution in [0.5, 0.6) is 0 Å². The van der Waals surface area contributed by atoms with E-state index in [1.165, 1.54) is 0 Å². The maximum atomic E-state index is 5.59. The third kappa shape index (κ3) is 2.78. The number of anilines is 2. The normalized spacial score (nSPS) is 19.1. The molecular weight excluding hydrogens is 268 g/mol. The number of aromatic amines is 1. The monoisotopic (exact) mass is 290 g/mol. The molecule has 0 saturated carbocycles. The third-order valence-electron chi connectivity index (χ3n) is 3.77. The fourth-order valence-corrected chi connectivity index (χ4v) is 2.61. The predicted molar refractivity (Wildman–Crippen MR) is 82.7 cm³/mol. The summed E-state index contributed by atoms with van der Waals surface area (Å²) in [5, 5.41) is 3.25. The van der Waals surface area contributed by atoms with Crippen molar-refractivity contribution < 1.29 is 4.74 Å². The second kappa shape index (κ2) is 6.26. The van der Waals surface area contributed by atoms with Crippen molar-refractivity contribution in [1.29, 1.82) is 0 Å². The minimum atomic E-state index is 0.346. The molecule has 0 spiro atoms. The molecule has 1 aliphatic rings. The number of rotatable bonds is 5. The molecule has 3 rings (SSSR count). The summed E-state index contributed by atoms with van der Waals surface area (Å²) in [4.78, 5) is 18.9. The van der Waals surface area contributed by atoms with Gasteiger partial charge in [-0.3, -0.25) is 0 Å². The van der Waals surface area contributed by atoms with Gasteiger partial charge in [0.2, 0.25) is 5.95 Å². The van der Waals surface area contributed by atoms with Crippen LogP contribution in [0.15, 0.2) is 6.33 Å². The van der Waals surface area contributed by atoms with E-state index in [0.29, 0.717) is 17.6 Å². The van der Waals surface area contributed by atoms with E-state index in [4.69, 9.17) is 9.72 Å². The number of fused-ring (bicyclic) bond motifs is 1. The summed E-state index contributed by atoms with van der Waals surface area (Å²) in [6.45, 7) is 7.47. The molecular formula is C14H22N6O. The Bertz CT molecular complexity index is 598. The Morgan fingerprint density at radius 3 is 3.14 bits per heavy atom. The summed E-state index contributed by atoms with van der Waals surface area (Å²) in [6, 6.07) is 0.346. The van der Waals surface area contributed by atoms with Gasteiger partial charge in [0, 0.05) is 13.1 Å². The lowest BCUT2D eigenvalue weighted by molar-refractivity contribution is 0.0927. The average molecular weight is 290 g/mol. The van der Waals surface area contributed by atoms with Crippen LogP contribution in [-0.2, 0) is 4.74 Å². The molecule has 0 aliphatic carbocycles. The number of morpholine rings is 1. The van der Waals surface area contributed by atoms with Gasteiger partial charge in [0.05, 0.1) is 25.6 Å². The Morgan fingerprint density at radius 2 is 2.33 bits per heavy atom. The van der Waals surface area contributed by atoms with Gasteiger partial charge in [0.15, 0.2) is 11.5 Å². The van der Waals surface area contributed by atoms with Gasteiger partial charge in [0.25, 0.3) is 0 Å². The molecule has 1 saturated heterocycles. The Balaban J connectivity index is 2.00. The second-order valence-corrected chi connectivity index (χ2v) is 5.23. The highest BCUT2D eigenvalue weighted by Crippen LogP contribution is 2.26. The number of nitrogens with one attached hydrogen (secondary N) is 2. The molecule has 7 heteroatoms. The van der Waals surface area contributed by atoms with Gasteiger partial charge in [0.1, 0.15) is 5.52 Å². The summed E-state index contributed by atoms with van der Waals surface area (Å²) >= 11 is 0. The van der Waals surface area contributed by atoms with Crippen LogP contribution in [0.3, 0.4) is 0 Å². The second-order valence-electron chi connectivity index (χ2n) is 5.23. The number of hydrogen-bond acceptors (Lipinski definition) is 6. The van der Waals surface area contributed by atoms with Gasteiger partial charge in [-0.2, -0.15) is 9.97 Å². The molecule has 114 valence electrons. The lowest BCUT2D eigenvalue weighted by Gasteiger charge is -2.36. The average Bonchev–Trinajstić information content (AvgIpc) is 3.00. The van der Waals surface area contributed by atoms with Crippen molar-refractivity contribution in [2.24, 2.45) is 0 Å². The first-order valence-electron chi connectivity index (χ1n) is 7.62. The van der Waals surface area contributed by atoms with Crippen molar-refractivity contribution in [2.45, 2.75) is 32.7 Å². The van der Waals surface area contributed by atoms with Crippen molar-refractivity contribution >= 4 is 22.9 Å². The Hall–Kier alpha value is -1.89. The highest BCUT2D eigenvalue weighted by molar-refractivity contribution is 5.84. The van der Waals surface area contributed by atoms with E-state index in [1.54, 1.807) is 6.33 Å². The molecule has 1 aliphatic heterocycles. The van der Waals surface area contributed by atoms with Crippen molar-refractivity contribution in [3.05, 3.63) is 6.33 Å². The van der Waals surface area contributed by atoms with Gasteiger partial charge >= 0.3 is 0 Å². The highest BCUT2D eigenvalue weighted by atomic mass is 16.5. The zero-order valence-corrected chi connectivity index (χ0v) is 12.6. The van der Waals surface area contributed by atoms with Crippen molar-refractivity contribution in [3.63, 3.8) is 0 Å². The molecule has 1 atom stereocenters. The molecule has 1 unspecified atom stereocenters. The third-order valence-corrected chi connectivity index (χ3v) is 3.77. The van der Waals surface area contributed by atoms with Crippen LogP contribution in [0.2, 0.25) is 0 Å². The molecule has 7 nitrogen and oxygen atoms in total. The zero-order valence-electron chi connectivity index (χ0n) is 12.6. The fraction of sp³-hybridized carbons (Fsp3) is 0.643. The van der Waals surface area contributed by atoms with E-state index in [0.717, 1.165) is 50.5 Å². The van der Waals surface area contributed by atoms with Crippen LogP contribution in [0.1, 0.15) is 26.7 Å². The number of nitrogens with zero attached hydrogens (tertiary/aromatic N) is 4. The molecule has 1 fully saturated rings. The summed E-state index contributed by atoms with van der Waals surface area (Å²) < 4.78 is 5.59. The van der Waals surface area contributed by atoms with Gasteiger partial charge in [-0.1, -0.05) is 13.8 Å². The minimum absolute atomic E-state index is 0.346. The molecule has 3 heterocycles. The van der Waals surface area contributed by atoms with E-state index in [1.807, 2.05) is 0 Å². The minimum Gasteiger partial charge on any atom is -0.377 e. The van der Waals surface area contributed by atoms with Crippen molar-refractivity contribution in [3.8, 4) is 0 Å². The Labute approximate surface area is 124 Å². The van der Waals surface area contributed by atoms with Crippen molar-refractivity contribution in [2.75, 3.05) is 36.5 Å². The van der Waals surface area contributed by atoms with Crippen molar-refractivity contribution in [1.82, 2.24) is 19.9 Å². The molecule has 0 bridgehead atoms. The maximum absolute atomic E-state index is 5.59. The first-order chi connectivity index (χ1) is 10.3. The quantitative estimate of drug-likeness (QED) is 0.874. The van der Waals surface area contributed by atoms with E-state index in [2.05, 4.69) is 39.0 Å². The summed E-state index contributed by atoms with van der Waals surface area (Å²) in [6.07, 6.45) is 3.73. The number of H-pyrrole nitrogens is 1. The molecule has 0 radical (unpaired) electrons. The van der Waals surface area contributed by atoms with Crippen LogP contribution in [0, 0.1) is 0 Å². The first kappa shape index (κ1) is 14.1. The topological polar surface area (TPSA) is 79.0 Å². The fourth-order valence-electron chi connectivity index (χ4n) is 2.61. The number of ether oxygens (including phenoxy) is 1. The van der Waals surface area contributed by atoms with E-state index in [-0.39, 0.29) is 0 Å². The summed E-state index contributed by atoms with van der Waals surface area (Å²) in [5.41, 5.74) is 1.61. The molecule has 21 heavy (non-hydrogen) atoms. The van der Waals surface area contributed by atoms with Crippen LogP contribution in [0.25, 0.3) is 11.2 Å². The standard InChI is InChI=1S/C14H22N6O/c1-3-5-15-14-18-12-11(16-9-17-12)13(19-14)20-6-7-21-8-10(20)4-2/h9-10H,3-8H2,1-2H3,(H2,15,16,17,18,19). The van der Waals surface area contributed by atoms with E-state index >= 15 is 0 Å². The smallest absolute Gasteiger partial charge is 0.226 e. The number of hydrogen-bond donors (Lipinski definition) is 2. The van der Waals surface area contributed by atoms with Gasteiger partial charge in [-0.25, -0.2) is 4.98 Å². The zero-order chi connectivity index (χ0) is 14.7. The van der Waals surface area contributed by atoms with E-state index in [9.17, 15) is 0 Å². The predicted octanol–water partition coefficient (Wildman–Crippen LogP) is 1.79. The van der Waals surface area contributed by atoms with Crippen LogP contribution in [0.4, 0.5) is 11.8 Å². The van der Waals surface area contributed by atoms with Crippen LogP contribution < -0.4 is 10.2 Å². The number of aromatic nitrogens is 4. The maximum Gasteiger partial charge on any atom is 0.226 e. The summed E-state index contributed by atoms with van der Waals surface area (Å²) in [5.74, 6) is 1.57. The van der Waals surface area contributed by atoms with Gasteiger partial charge in [-0.15, -0.1) is 0 Å². The first-order valence-corrected chi connectivity index (χ1v) is 7.62. The van der Waals surface area contributed by atoms with Gasteiger partial charge < -0.3 is 19.9 Å². The van der Waals surface area contributed by atoms with Gasteiger partial charge in [-0.05, 0) is 12.8 Å². The lowest BCUT2D eigenvalue weighted by atomic mass is 10.1. The molecule has 2 N–H and O–H groups in total. The summed E-state index contributed by atoms with van der Waals surface area (Å²) in [7, 11) is 0. The Morgan fingerprint density at radius 1 is 1.43 bits per heavy atom. The molecule has 2 aromatic rings. The van der Waals surface area contributed by atoms with Crippen LogP contribution in [-0.4, -0.2) is 52.3 Å².